The van der Waals surface area contributed by atoms with E-state index in [0.717, 1.165) is 19.3 Å². The Morgan fingerprint density at radius 3 is 2.50 bits per heavy atom. The molecule has 3 saturated heterocycles. The van der Waals surface area contributed by atoms with E-state index in [0.29, 0.717) is 19.4 Å². The van der Waals surface area contributed by atoms with Crippen LogP contribution in [-0.2, 0) is 23.9 Å². The third-order valence-corrected chi connectivity index (χ3v) is 9.36. The largest absolute Gasteiger partial charge is 0.465 e. The molecule has 0 aromatic carbocycles. The Kier molecular flexibility index (Phi) is 9.51. The zero-order valence-electron chi connectivity index (χ0n) is 24.2. The summed E-state index contributed by atoms with van der Waals surface area (Å²) < 4.78 is 12.5. The molecule has 2 bridgehead atoms. The molecule has 0 aromatic rings. The fourth-order valence-corrected chi connectivity index (χ4v) is 6.99. The fourth-order valence-electron chi connectivity index (χ4n) is 6.99. The number of esters is 1. The van der Waals surface area contributed by atoms with Gasteiger partial charge in [0.2, 0.25) is 11.8 Å². The predicted molar refractivity (Wildman–Crippen MR) is 146 cm³/mol. The summed E-state index contributed by atoms with van der Waals surface area (Å²) in [7, 11) is 0. The molecule has 3 heterocycles. The molecule has 8 heteroatoms. The summed E-state index contributed by atoms with van der Waals surface area (Å²) in [4.78, 5) is 45.6. The van der Waals surface area contributed by atoms with Crippen LogP contribution in [0.4, 0.5) is 0 Å². The highest BCUT2D eigenvalue weighted by molar-refractivity contribution is 5.99. The second-order valence-corrected chi connectivity index (χ2v) is 11.9. The number of allylic oxidation sites excluding steroid dienone is 1. The van der Waals surface area contributed by atoms with E-state index in [-0.39, 0.29) is 42.9 Å². The Bertz CT molecular complexity index is 920. The molecular weight excluding hydrogens is 484 g/mol. The van der Waals surface area contributed by atoms with Gasteiger partial charge in [-0.2, -0.15) is 0 Å². The third-order valence-electron chi connectivity index (χ3n) is 9.36. The SMILES string of the molecule is C=CCCCCOC(=O)[C@H]1[C@H]2C(=O)N([C@@H](CO)[C@@H](C)CC)C(C(=O)N(CC=C)C(C)C)C23CC(C)[C@]1(C)O3. The zero-order valence-corrected chi connectivity index (χ0v) is 24.2. The van der Waals surface area contributed by atoms with Crippen molar-refractivity contribution in [2.24, 2.45) is 23.7 Å². The molecule has 38 heavy (non-hydrogen) atoms. The first-order valence-electron chi connectivity index (χ1n) is 14.3. The van der Waals surface area contributed by atoms with Gasteiger partial charge in [-0.3, -0.25) is 14.4 Å². The number of aliphatic hydroxyl groups is 1. The number of fused-ring (bicyclic) bond motifs is 1. The molecule has 3 fully saturated rings. The summed E-state index contributed by atoms with van der Waals surface area (Å²) in [6.07, 6.45) is 7.13. The summed E-state index contributed by atoms with van der Waals surface area (Å²) in [6, 6.07) is -1.64. The average Bonchev–Trinajstić information content (AvgIpc) is 3.39. The molecule has 0 aromatic heterocycles. The molecule has 3 rings (SSSR count). The highest BCUT2D eigenvalue weighted by atomic mass is 16.6. The summed E-state index contributed by atoms with van der Waals surface area (Å²) in [6.45, 7) is 19.6. The van der Waals surface area contributed by atoms with Crippen LogP contribution in [0, 0.1) is 23.7 Å². The number of unbranched alkanes of at least 4 members (excludes halogenated alkanes) is 2. The Balaban J connectivity index is 2.08. The lowest BCUT2D eigenvalue weighted by Gasteiger charge is -2.42. The summed E-state index contributed by atoms with van der Waals surface area (Å²) >= 11 is 0. The van der Waals surface area contributed by atoms with Crippen LogP contribution in [0.5, 0.6) is 0 Å². The van der Waals surface area contributed by atoms with E-state index in [4.69, 9.17) is 9.47 Å². The summed E-state index contributed by atoms with van der Waals surface area (Å²) in [5.74, 6) is -2.75. The van der Waals surface area contributed by atoms with Crippen LogP contribution in [0.2, 0.25) is 0 Å². The Labute approximate surface area is 228 Å². The number of rotatable bonds is 14. The average molecular weight is 533 g/mol. The van der Waals surface area contributed by atoms with E-state index in [2.05, 4.69) is 13.2 Å². The summed E-state index contributed by atoms with van der Waals surface area (Å²) in [5.41, 5.74) is -2.08. The van der Waals surface area contributed by atoms with E-state index < -0.39 is 41.1 Å². The topological polar surface area (TPSA) is 96.4 Å². The van der Waals surface area contributed by atoms with Crippen molar-refractivity contribution in [2.75, 3.05) is 19.8 Å². The molecule has 0 radical (unpaired) electrons. The number of likely N-dealkylation sites (tertiary alicyclic amines) is 1. The third kappa shape index (κ3) is 4.83. The summed E-state index contributed by atoms with van der Waals surface area (Å²) in [5, 5.41) is 10.5. The van der Waals surface area contributed by atoms with E-state index in [1.807, 2.05) is 47.6 Å². The van der Waals surface area contributed by atoms with Crippen molar-refractivity contribution in [3.05, 3.63) is 25.3 Å². The van der Waals surface area contributed by atoms with E-state index in [1.54, 1.807) is 15.9 Å². The minimum absolute atomic E-state index is 0.0538. The van der Waals surface area contributed by atoms with Crippen molar-refractivity contribution in [1.82, 2.24) is 9.80 Å². The second-order valence-electron chi connectivity index (χ2n) is 11.9. The molecule has 0 aliphatic carbocycles. The van der Waals surface area contributed by atoms with Gasteiger partial charge in [0.15, 0.2) is 0 Å². The number of hydrogen-bond donors (Lipinski definition) is 1. The van der Waals surface area contributed by atoms with Gasteiger partial charge in [-0.15, -0.1) is 13.2 Å². The van der Waals surface area contributed by atoms with Gasteiger partial charge in [-0.05, 0) is 58.3 Å². The Hall–Kier alpha value is -2.19. The van der Waals surface area contributed by atoms with Crippen molar-refractivity contribution in [1.29, 1.82) is 0 Å². The molecule has 8 atom stereocenters. The lowest BCUT2D eigenvalue weighted by Crippen LogP contribution is -2.60. The monoisotopic (exact) mass is 532 g/mol. The molecule has 1 N–H and O–H groups in total. The first kappa shape index (κ1) is 30.4. The zero-order chi connectivity index (χ0) is 28.4. The molecule has 3 aliphatic rings. The number of carbonyl (C=O) groups excluding carboxylic acids is 3. The fraction of sp³-hybridized carbons (Fsp3) is 0.767. The van der Waals surface area contributed by atoms with Gasteiger partial charge in [0.1, 0.15) is 17.6 Å². The van der Waals surface area contributed by atoms with Crippen molar-refractivity contribution < 1.29 is 29.0 Å². The second kappa shape index (κ2) is 11.9. The van der Waals surface area contributed by atoms with Crippen LogP contribution in [0.3, 0.4) is 0 Å². The van der Waals surface area contributed by atoms with Crippen LogP contribution >= 0.6 is 0 Å². The van der Waals surface area contributed by atoms with Gasteiger partial charge < -0.3 is 24.4 Å². The normalized spacial score (nSPS) is 33.3. The Morgan fingerprint density at radius 1 is 1.26 bits per heavy atom. The minimum Gasteiger partial charge on any atom is -0.465 e. The number of hydrogen-bond acceptors (Lipinski definition) is 6. The van der Waals surface area contributed by atoms with Crippen molar-refractivity contribution in [3.8, 4) is 0 Å². The van der Waals surface area contributed by atoms with E-state index in [1.165, 1.54) is 0 Å². The molecule has 3 aliphatic heterocycles. The highest BCUT2D eigenvalue weighted by Gasteiger charge is 2.81. The molecule has 0 saturated carbocycles. The molecule has 214 valence electrons. The first-order chi connectivity index (χ1) is 18.0. The number of nitrogens with zero attached hydrogens (tertiary/aromatic N) is 2. The van der Waals surface area contributed by atoms with Crippen molar-refractivity contribution in [3.63, 3.8) is 0 Å². The molecule has 1 spiro atoms. The Morgan fingerprint density at radius 2 is 1.95 bits per heavy atom. The first-order valence-corrected chi connectivity index (χ1v) is 14.3. The molecule has 3 unspecified atom stereocenters. The van der Waals surface area contributed by atoms with E-state index >= 15 is 0 Å². The number of aliphatic hydroxyl groups excluding tert-OH is 1. The quantitative estimate of drug-likeness (QED) is 0.208. The van der Waals surface area contributed by atoms with Gasteiger partial charge in [0, 0.05) is 12.6 Å². The molecule has 8 nitrogen and oxygen atoms in total. The lowest BCUT2D eigenvalue weighted by molar-refractivity contribution is -0.164. The van der Waals surface area contributed by atoms with Gasteiger partial charge >= 0.3 is 5.97 Å². The van der Waals surface area contributed by atoms with Crippen molar-refractivity contribution in [2.45, 2.75) is 103 Å². The maximum atomic E-state index is 14.4. The van der Waals surface area contributed by atoms with Gasteiger partial charge in [0.05, 0.1) is 30.8 Å². The van der Waals surface area contributed by atoms with Crippen molar-refractivity contribution >= 4 is 17.8 Å². The molecular formula is C30H48N2O6. The van der Waals surface area contributed by atoms with Crippen LogP contribution in [0.25, 0.3) is 0 Å². The van der Waals surface area contributed by atoms with Crippen LogP contribution in [-0.4, -0.2) is 81.8 Å². The van der Waals surface area contributed by atoms with Crippen LogP contribution in [0.15, 0.2) is 25.3 Å². The van der Waals surface area contributed by atoms with Gasteiger partial charge in [-0.25, -0.2) is 0 Å². The number of ether oxygens (including phenoxy) is 2. The predicted octanol–water partition coefficient (Wildman–Crippen LogP) is 3.73. The van der Waals surface area contributed by atoms with Crippen LogP contribution < -0.4 is 0 Å². The molecule has 2 amide bonds. The number of carbonyl (C=O) groups is 3. The maximum absolute atomic E-state index is 14.4. The van der Waals surface area contributed by atoms with Crippen LogP contribution in [0.1, 0.15) is 73.6 Å². The minimum atomic E-state index is -1.16. The standard InChI is InChI=1S/C30H48N2O6/c1-9-12-13-14-16-37-28(36)24-23-26(34)32(22(18-33)20(6)11-3)25(27(35)31(15-10-2)19(4)5)30(23)17-21(7)29(24,8)38-30/h9-10,19-25,33H,1-2,11-18H2,3-8H3/t20-,21?,22-,23-,24+,25?,29-,30?/m0/s1. The van der Waals surface area contributed by atoms with E-state index in [9.17, 15) is 19.5 Å². The number of amides is 2. The van der Waals surface area contributed by atoms with Gasteiger partial charge in [0.25, 0.3) is 0 Å². The smallest absolute Gasteiger partial charge is 0.312 e. The van der Waals surface area contributed by atoms with Gasteiger partial charge in [-0.1, -0.05) is 39.3 Å². The highest BCUT2D eigenvalue weighted by Crippen LogP contribution is 2.66. The maximum Gasteiger partial charge on any atom is 0.312 e. The lowest BCUT2D eigenvalue weighted by atomic mass is 9.62.